The maximum Gasteiger partial charge on any atom is 0.0464 e. The molecule has 58 heavy (non-hydrogen) atoms. The van der Waals surface area contributed by atoms with E-state index in [0.29, 0.717) is 5.41 Å². The van der Waals surface area contributed by atoms with E-state index in [2.05, 4.69) is 163 Å². The normalized spacial score (nSPS) is 31.5. The summed E-state index contributed by atoms with van der Waals surface area (Å²) in [6, 6.07) is 41.4. The van der Waals surface area contributed by atoms with Gasteiger partial charge in [0.05, 0.1) is 0 Å². The first-order chi connectivity index (χ1) is 27.6. The molecule has 2 bridgehead atoms. The molecular formula is C56H61NS. The van der Waals surface area contributed by atoms with Gasteiger partial charge in [-0.1, -0.05) is 128 Å². The summed E-state index contributed by atoms with van der Waals surface area (Å²) in [5.41, 5.74) is 17.3. The molecule has 4 saturated carbocycles. The minimum Gasteiger partial charge on any atom is -0.310 e. The molecule has 2 heteroatoms. The van der Waals surface area contributed by atoms with Crippen LogP contribution in [0.1, 0.15) is 140 Å². The Kier molecular flexibility index (Phi) is 7.19. The Morgan fingerprint density at radius 1 is 0.500 bits per heavy atom. The number of hydrogen-bond donors (Lipinski definition) is 0. The van der Waals surface area contributed by atoms with Crippen molar-refractivity contribution in [1.82, 2.24) is 0 Å². The molecule has 2 spiro atoms. The fraction of sp³-hybridized carbons (Fsp3) is 0.464. The van der Waals surface area contributed by atoms with E-state index in [-0.39, 0.29) is 27.1 Å². The first-order valence-electron chi connectivity index (χ1n) is 22.8. The van der Waals surface area contributed by atoms with Crippen LogP contribution in [-0.2, 0) is 27.1 Å². The van der Waals surface area contributed by atoms with Crippen molar-refractivity contribution in [3.63, 3.8) is 0 Å². The van der Waals surface area contributed by atoms with Gasteiger partial charge in [-0.3, -0.25) is 0 Å². The fourth-order valence-corrected chi connectivity index (χ4v) is 16.4. The van der Waals surface area contributed by atoms with Crippen LogP contribution in [0.25, 0.3) is 11.1 Å². The number of nitrogens with zero attached hydrogens (tertiary/aromatic N) is 1. The van der Waals surface area contributed by atoms with Crippen molar-refractivity contribution in [3.05, 3.63) is 137 Å². The van der Waals surface area contributed by atoms with Gasteiger partial charge >= 0.3 is 0 Å². The zero-order valence-corrected chi connectivity index (χ0v) is 37.0. The Bertz CT molecular complexity index is 2470. The van der Waals surface area contributed by atoms with E-state index in [1.165, 1.54) is 112 Å². The quantitative estimate of drug-likeness (QED) is 0.179. The third-order valence-electron chi connectivity index (χ3n) is 18.1. The first-order valence-corrected chi connectivity index (χ1v) is 23.6. The Balaban J connectivity index is 0.988. The van der Waals surface area contributed by atoms with Gasteiger partial charge in [-0.15, -0.1) is 0 Å². The van der Waals surface area contributed by atoms with E-state index in [1.807, 2.05) is 11.8 Å². The van der Waals surface area contributed by atoms with Gasteiger partial charge < -0.3 is 4.90 Å². The molecule has 6 unspecified atom stereocenters. The lowest BCUT2D eigenvalue weighted by Crippen LogP contribution is -2.74. The molecule has 5 aromatic carbocycles. The smallest absolute Gasteiger partial charge is 0.0464 e. The van der Waals surface area contributed by atoms with Crippen molar-refractivity contribution in [3.8, 4) is 11.1 Å². The molecular weight excluding hydrogens is 719 g/mol. The van der Waals surface area contributed by atoms with Gasteiger partial charge in [-0.05, 0) is 189 Å². The Morgan fingerprint density at radius 2 is 1.05 bits per heavy atom. The van der Waals surface area contributed by atoms with Crippen molar-refractivity contribution >= 4 is 28.8 Å². The molecule has 0 radical (unpaired) electrons. The molecule has 7 aliphatic rings. The van der Waals surface area contributed by atoms with Gasteiger partial charge in [0.2, 0.25) is 0 Å². The molecule has 296 valence electrons. The highest BCUT2D eigenvalue weighted by Crippen LogP contribution is 2.89. The number of anilines is 3. The fourth-order valence-electron chi connectivity index (χ4n) is 15.0. The van der Waals surface area contributed by atoms with Gasteiger partial charge in [0, 0.05) is 32.3 Å². The van der Waals surface area contributed by atoms with E-state index in [4.69, 9.17) is 0 Å². The highest BCUT2D eigenvalue weighted by Gasteiger charge is 2.84. The molecule has 1 nitrogen and oxygen atoms in total. The van der Waals surface area contributed by atoms with E-state index in [9.17, 15) is 0 Å². The van der Waals surface area contributed by atoms with Crippen LogP contribution in [-0.4, -0.2) is 0 Å². The molecule has 0 amide bonds. The van der Waals surface area contributed by atoms with Crippen LogP contribution in [0.15, 0.2) is 113 Å². The summed E-state index contributed by atoms with van der Waals surface area (Å²) in [5, 5.41) is 0. The molecule has 1 heterocycles. The third kappa shape index (κ3) is 4.52. The second kappa shape index (κ2) is 11.5. The summed E-state index contributed by atoms with van der Waals surface area (Å²) in [7, 11) is 0. The zero-order chi connectivity index (χ0) is 39.8. The van der Waals surface area contributed by atoms with Crippen LogP contribution in [0.2, 0.25) is 0 Å². The third-order valence-corrected chi connectivity index (χ3v) is 19.4. The molecule has 5 aromatic rings. The highest BCUT2D eigenvalue weighted by atomic mass is 32.2. The van der Waals surface area contributed by atoms with Gasteiger partial charge in [0.1, 0.15) is 0 Å². The van der Waals surface area contributed by atoms with Gasteiger partial charge in [0.25, 0.3) is 0 Å². The standard InChI is InChI=1S/C56H61NS/c1-51(2)24-26-53(5,6)45-31-38(20-22-41(45)51)57(39-21-23-42-46(32-39)54(7,8)27-25-52(42,3)4)37-18-16-35(17-19-37)40-12-11-14-44-50(40)58-47-15-10-9-13-43(47)56(44)48-29-34-28-36-30-49(56)55(36,48)33-34/h9-23,31-32,34,36,48-49H,24-30,33H2,1-8H3. The number of fused-ring (bicyclic) bond motifs is 9. The van der Waals surface area contributed by atoms with Gasteiger partial charge in [-0.25, -0.2) is 0 Å². The Hall–Kier alpha value is -3.75. The maximum atomic E-state index is 2.57. The molecule has 4 fully saturated rings. The number of rotatable bonds is 4. The summed E-state index contributed by atoms with van der Waals surface area (Å²) in [5.74, 6) is 3.59. The predicted molar refractivity (Wildman–Crippen MR) is 243 cm³/mol. The average molecular weight is 780 g/mol. The SMILES string of the molecule is CC1(C)CCC(C)(C)c2cc(N(c3ccc(-c4cccc5c4Sc4ccccc4C54C5CC6CC7CC4C75C6)cc3)c3ccc4c(c3)C(C)(C)CCC4(C)C)ccc21. The molecule has 6 aliphatic carbocycles. The van der Waals surface area contributed by atoms with Crippen LogP contribution in [0.5, 0.6) is 0 Å². The average Bonchev–Trinajstić information content (AvgIpc) is 3.74. The van der Waals surface area contributed by atoms with E-state index in [0.717, 1.165) is 23.7 Å². The molecule has 12 rings (SSSR count). The molecule has 0 N–H and O–H groups in total. The summed E-state index contributed by atoms with van der Waals surface area (Å²) in [6.07, 6.45) is 10.8. The van der Waals surface area contributed by atoms with E-state index >= 15 is 0 Å². The second-order valence-corrected chi connectivity index (χ2v) is 23.8. The molecule has 1 aliphatic heterocycles. The maximum absolute atomic E-state index is 2.57. The van der Waals surface area contributed by atoms with Crippen LogP contribution in [0.4, 0.5) is 17.1 Å². The second-order valence-electron chi connectivity index (χ2n) is 22.7. The minimum absolute atomic E-state index is 0.136. The molecule has 0 aromatic heterocycles. The summed E-state index contributed by atoms with van der Waals surface area (Å²) < 4.78 is 0. The van der Waals surface area contributed by atoms with Gasteiger partial charge in [-0.2, -0.15) is 0 Å². The zero-order valence-electron chi connectivity index (χ0n) is 36.1. The van der Waals surface area contributed by atoms with Crippen LogP contribution in [0.3, 0.4) is 0 Å². The lowest BCUT2D eigenvalue weighted by molar-refractivity contribution is -0.235. The summed E-state index contributed by atoms with van der Waals surface area (Å²) in [6.45, 7) is 19.6. The van der Waals surface area contributed by atoms with Crippen LogP contribution >= 0.6 is 11.8 Å². The highest BCUT2D eigenvalue weighted by molar-refractivity contribution is 7.99. The minimum atomic E-state index is 0.136. The molecule has 0 saturated heterocycles. The first kappa shape index (κ1) is 36.1. The van der Waals surface area contributed by atoms with Gasteiger partial charge in [0.15, 0.2) is 0 Å². The number of hydrogen-bond acceptors (Lipinski definition) is 2. The monoisotopic (exact) mass is 779 g/mol. The van der Waals surface area contributed by atoms with Crippen molar-refractivity contribution in [2.75, 3.05) is 4.90 Å². The van der Waals surface area contributed by atoms with Crippen molar-refractivity contribution < 1.29 is 0 Å². The Morgan fingerprint density at radius 3 is 1.67 bits per heavy atom. The van der Waals surface area contributed by atoms with Crippen LogP contribution in [0, 0.1) is 29.1 Å². The lowest BCUT2D eigenvalue weighted by Gasteiger charge is -2.78. The predicted octanol–water partition coefficient (Wildman–Crippen LogP) is 15.3. The summed E-state index contributed by atoms with van der Waals surface area (Å²) >= 11 is 2.05. The largest absolute Gasteiger partial charge is 0.310 e. The summed E-state index contributed by atoms with van der Waals surface area (Å²) in [4.78, 5) is 5.59. The lowest BCUT2D eigenvalue weighted by atomic mass is 9.26. The van der Waals surface area contributed by atoms with Crippen molar-refractivity contribution in [2.45, 2.75) is 144 Å². The number of benzene rings is 5. The van der Waals surface area contributed by atoms with E-state index < -0.39 is 0 Å². The van der Waals surface area contributed by atoms with Crippen molar-refractivity contribution in [1.29, 1.82) is 0 Å². The topological polar surface area (TPSA) is 3.24 Å². The van der Waals surface area contributed by atoms with Crippen LogP contribution < -0.4 is 4.90 Å². The van der Waals surface area contributed by atoms with E-state index in [1.54, 1.807) is 11.1 Å². The van der Waals surface area contributed by atoms with Crippen molar-refractivity contribution in [2.24, 2.45) is 29.1 Å². The Labute approximate surface area is 352 Å². The molecule has 6 atom stereocenters.